The first-order valence-electron chi connectivity index (χ1n) is 8.17. The summed E-state index contributed by atoms with van der Waals surface area (Å²) in [6.07, 6.45) is 0.799. The molecular formula is C19H21N3O3S. The number of rotatable bonds is 8. The van der Waals surface area contributed by atoms with Gasteiger partial charge in [0, 0.05) is 10.6 Å². The lowest BCUT2D eigenvalue weighted by Gasteiger charge is -2.11. The average molecular weight is 371 g/mol. The zero-order chi connectivity index (χ0) is 18.9. The summed E-state index contributed by atoms with van der Waals surface area (Å²) < 4.78 is 0. The van der Waals surface area contributed by atoms with E-state index in [1.807, 2.05) is 31.2 Å². The number of carbonyl (C=O) groups excluding carboxylic acids is 3. The van der Waals surface area contributed by atoms with Crippen LogP contribution in [0.1, 0.15) is 22.8 Å². The SMILES string of the molecule is CCc1ccccc1NC(=O)CNC(=O)c1ccccc1SCC(N)=O. The molecule has 6 nitrogen and oxygen atoms in total. The molecule has 3 amide bonds. The van der Waals surface area contributed by atoms with Gasteiger partial charge in [-0.2, -0.15) is 0 Å². The van der Waals surface area contributed by atoms with Crippen molar-refractivity contribution < 1.29 is 14.4 Å². The lowest BCUT2D eigenvalue weighted by Crippen LogP contribution is -2.33. The van der Waals surface area contributed by atoms with Crippen LogP contribution in [0.5, 0.6) is 0 Å². The van der Waals surface area contributed by atoms with Crippen LogP contribution in [0, 0.1) is 0 Å². The van der Waals surface area contributed by atoms with E-state index < -0.39 is 5.91 Å². The number of aryl methyl sites for hydroxylation is 1. The Hall–Kier alpha value is -2.80. The lowest BCUT2D eigenvalue weighted by atomic mass is 10.1. The zero-order valence-corrected chi connectivity index (χ0v) is 15.3. The predicted molar refractivity (Wildman–Crippen MR) is 103 cm³/mol. The minimum Gasteiger partial charge on any atom is -0.369 e. The number of anilines is 1. The van der Waals surface area contributed by atoms with Gasteiger partial charge >= 0.3 is 0 Å². The lowest BCUT2D eigenvalue weighted by molar-refractivity contribution is -0.116. The Labute approximate surface area is 156 Å². The number of nitrogens with one attached hydrogen (secondary N) is 2. The van der Waals surface area contributed by atoms with E-state index in [0.717, 1.165) is 17.7 Å². The minimum atomic E-state index is -0.459. The summed E-state index contributed by atoms with van der Waals surface area (Å²) in [6, 6.07) is 14.4. The molecule has 0 atom stereocenters. The molecule has 2 rings (SSSR count). The third-order valence-corrected chi connectivity index (χ3v) is 4.68. The summed E-state index contributed by atoms with van der Waals surface area (Å²) in [5.74, 6) is -1.06. The number of carbonyl (C=O) groups is 3. The highest BCUT2D eigenvalue weighted by Gasteiger charge is 2.13. The summed E-state index contributed by atoms with van der Waals surface area (Å²) >= 11 is 1.19. The molecular weight excluding hydrogens is 350 g/mol. The first-order valence-corrected chi connectivity index (χ1v) is 9.16. The van der Waals surface area contributed by atoms with Crippen LogP contribution in [-0.2, 0) is 16.0 Å². The molecule has 7 heteroatoms. The van der Waals surface area contributed by atoms with Crippen LogP contribution in [0.15, 0.2) is 53.4 Å². The van der Waals surface area contributed by atoms with Crippen LogP contribution in [0.3, 0.4) is 0 Å². The zero-order valence-electron chi connectivity index (χ0n) is 14.5. The van der Waals surface area contributed by atoms with E-state index in [0.29, 0.717) is 10.5 Å². The van der Waals surface area contributed by atoms with E-state index in [4.69, 9.17) is 5.73 Å². The molecule has 0 fully saturated rings. The third kappa shape index (κ3) is 5.63. The van der Waals surface area contributed by atoms with Crippen molar-refractivity contribution in [3.63, 3.8) is 0 Å². The molecule has 0 spiro atoms. The molecule has 0 bridgehead atoms. The Morgan fingerprint density at radius 1 is 1.04 bits per heavy atom. The van der Waals surface area contributed by atoms with E-state index in [1.54, 1.807) is 24.3 Å². The average Bonchev–Trinajstić information content (AvgIpc) is 2.65. The Morgan fingerprint density at radius 2 is 1.73 bits per heavy atom. The highest BCUT2D eigenvalue weighted by atomic mass is 32.2. The molecule has 0 unspecified atom stereocenters. The van der Waals surface area contributed by atoms with Gasteiger partial charge in [-0.1, -0.05) is 37.3 Å². The number of nitrogens with two attached hydrogens (primary N) is 1. The van der Waals surface area contributed by atoms with Crippen LogP contribution in [0.4, 0.5) is 5.69 Å². The molecule has 2 aromatic rings. The van der Waals surface area contributed by atoms with Crippen LogP contribution in [0.2, 0.25) is 0 Å². The van der Waals surface area contributed by atoms with Crippen molar-refractivity contribution in [3.8, 4) is 0 Å². The Balaban J connectivity index is 1.96. The number of thioether (sulfide) groups is 1. The summed E-state index contributed by atoms with van der Waals surface area (Å²) in [7, 11) is 0. The minimum absolute atomic E-state index is 0.0819. The highest BCUT2D eigenvalue weighted by Crippen LogP contribution is 2.22. The third-order valence-electron chi connectivity index (χ3n) is 3.58. The van der Waals surface area contributed by atoms with Crippen molar-refractivity contribution in [3.05, 3.63) is 59.7 Å². The molecule has 0 radical (unpaired) electrons. The fourth-order valence-corrected chi connectivity index (χ4v) is 3.12. The second-order valence-corrected chi connectivity index (χ2v) is 6.51. The fraction of sp³-hybridized carbons (Fsp3) is 0.211. The number of hydrogen-bond acceptors (Lipinski definition) is 4. The molecule has 0 saturated carbocycles. The summed E-state index contributed by atoms with van der Waals surface area (Å²) in [5, 5.41) is 5.41. The van der Waals surface area contributed by atoms with Gasteiger partial charge in [0.25, 0.3) is 5.91 Å². The van der Waals surface area contributed by atoms with Crippen LogP contribution >= 0.6 is 11.8 Å². The molecule has 2 aromatic carbocycles. The van der Waals surface area contributed by atoms with Crippen molar-refractivity contribution in [2.24, 2.45) is 5.73 Å². The second-order valence-electron chi connectivity index (χ2n) is 5.49. The summed E-state index contributed by atoms with van der Waals surface area (Å²) in [6.45, 7) is 1.86. The van der Waals surface area contributed by atoms with Crippen molar-refractivity contribution in [2.75, 3.05) is 17.6 Å². The summed E-state index contributed by atoms with van der Waals surface area (Å²) in [4.78, 5) is 36.1. The van der Waals surface area contributed by atoms with Crippen molar-refractivity contribution in [1.29, 1.82) is 0 Å². The topological polar surface area (TPSA) is 101 Å². The van der Waals surface area contributed by atoms with Gasteiger partial charge in [0.05, 0.1) is 17.9 Å². The summed E-state index contributed by atoms with van der Waals surface area (Å²) in [5.41, 5.74) is 7.32. The molecule has 136 valence electrons. The van der Waals surface area contributed by atoms with Crippen molar-refractivity contribution in [1.82, 2.24) is 5.32 Å². The van der Waals surface area contributed by atoms with Gasteiger partial charge in [-0.05, 0) is 30.2 Å². The van der Waals surface area contributed by atoms with Gasteiger partial charge < -0.3 is 16.4 Å². The van der Waals surface area contributed by atoms with Gasteiger partial charge in [-0.3, -0.25) is 14.4 Å². The van der Waals surface area contributed by atoms with Crippen LogP contribution in [0.25, 0.3) is 0 Å². The van der Waals surface area contributed by atoms with Crippen molar-refractivity contribution in [2.45, 2.75) is 18.2 Å². The number of benzene rings is 2. The number of amides is 3. The quantitative estimate of drug-likeness (QED) is 0.619. The molecule has 0 aliphatic rings. The monoisotopic (exact) mass is 371 g/mol. The van der Waals surface area contributed by atoms with Crippen LogP contribution in [-0.4, -0.2) is 30.0 Å². The van der Waals surface area contributed by atoms with Gasteiger partial charge in [0.2, 0.25) is 11.8 Å². The maximum absolute atomic E-state index is 12.4. The first-order chi connectivity index (χ1) is 12.5. The maximum Gasteiger partial charge on any atom is 0.252 e. The van der Waals surface area contributed by atoms with E-state index in [-0.39, 0.29) is 24.1 Å². The molecule has 0 aliphatic heterocycles. The van der Waals surface area contributed by atoms with Gasteiger partial charge in [0.15, 0.2) is 0 Å². The molecule has 0 aliphatic carbocycles. The van der Waals surface area contributed by atoms with E-state index in [9.17, 15) is 14.4 Å². The molecule has 4 N–H and O–H groups in total. The number of hydrogen-bond donors (Lipinski definition) is 3. The Morgan fingerprint density at radius 3 is 2.46 bits per heavy atom. The number of para-hydroxylation sites is 1. The second kappa shape index (κ2) is 9.62. The maximum atomic E-state index is 12.4. The smallest absolute Gasteiger partial charge is 0.252 e. The van der Waals surface area contributed by atoms with E-state index in [1.165, 1.54) is 11.8 Å². The van der Waals surface area contributed by atoms with Gasteiger partial charge in [0.1, 0.15) is 0 Å². The molecule has 26 heavy (non-hydrogen) atoms. The predicted octanol–water partition coefficient (Wildman–Crippen LogP) is 2.19. The van der Waals surface area contributed by atoms with Crippen LogP contribution < -0.4 is 16.4 Å². The molecule has 0 saturated heterocycles. The van der Waals surface area contributed by atoms with E-state index >= 15 is 0 Å². The molecule has 0 aromatic heterocycles. The normalized spacial score (nSPS) is 10.2. The Bertz CT molecular complexity index is 808. The molecule has 0 heterocycles. The van der Waals surface area contributed by atoms with Gasteiger partial charge in [-0.25, -0.2) is 0 Å². The van der Waals surface area contributed by atoms with Gasteiger partial charge in [-0.15, -0.1) is 11.8 Å². The fourth-order valence-electron chi connectivity index (χ4n) is 2.33. The first kappa shape index (κ1) is 19.5. The Kier molecular flexibility index (Phi) is 7.23. The number of primary amides is 1. The standard InChI is InChI=1S/C19H21N3O3S/c1-2-13-7-3-5-9-15(13)22-18(24)11-21-19(25)14-8-4-6-10-16(14)26-12-17(20)23/h3-10H,2,11-12H2,1H3,(H2,20,23)(H,21,25)(H,22,24). The largest absolute Gasteiger partial charge is 0.369 e. The van der Waals surface area contributed by atoms with Crippen molar-refractivity contribution >= 4 is 35.2 Å². The van der Waals surface area contributed by atoms with E-state index in [2.05, 4.69) is 10.6 Å². The highest BCUT2D eigenvalue weighted by molar-refractivity contribution is 8.00.